The van der Waals surface area contributed by atoms with Crippen LogP contribution in [0.15, 0.2) is 29.6 Å². The molecule has 1 aromatic heterocycles. The fraction of sp³-hybridized carbons (Fsp3) is 0.444. The molecule has 128 valence electrons. The van der Waals surface area contributed by atoms with E-state index in [0.29, 0.717) is 5.56 Å². The number of carbonyl (C=O) groups excluding carboxylic acids is 1. The third kappa shape index (κ3) is 3.83. The molecule has 3 N–H and O–H groups in total. The molecule has 1 fully saturated rings. The molecule has 1 aromatic carbocycles. The highest BCUT2D eigenvalue weighted by Crippen LogP contribution is 2.30. The number of carbonyl (C=O) groups is 1. The highest BCUT2D eigenvalue weighted by atomic mass is 32.1. The van der Waals surface area contributed by atoms with Crippen LogP contribution in [0.1, 0.15) is 35.8 Å². The molecular weight excluding hydrogens is 322 g/mol. The van der Waals surface area contributed by atoms with E-state index in [1.807, 2.05) is 12.1 Å². The van der Waals surface area contributed by atoms with Crippen LogP contribution >= 0.6 is 11.3 Å². The highest BCUT2D eigenvalue weighted by molar-refractivity contribution is 7.13. The van der Waals surface area contributed by atoms with Crippen LogP contribution in [-0.2, 0) is 6.54 Å². The topological polar surface area (TPSA) is 79.5 Å². The molecule has 0 spiro atoms. The number of likely N-dealkylation sites (tertiary alicyclic amines) is 1. The molecule has 5 nitrogen and oxygen atoms in total. The first-order valence-corrected chi connectivity index (χ1v) is 9.05. The molecule has 6 heteroatoms. The second-order valence-corrected chi connectivity index (χ2v) is 7.73. The molecule has 0 saturated carbocycles. The average molecular weight is 345 g/mol. The number of aliphatic hydroxyl groups is 1. The monoisotopic (exact) mass is 345 g/mol. The van der Waals surface area contributed by atoms with Crippen LogP contribution in [0.25, 0.3) is 10.6 Å². The minimum absolute atomic E-state index is 0.00168. The van der Waals surface area contributed by atoms with E-state index >= 15 is 0 Å². The summed E-state index contributed by atoms with van der Waals surface area (Å²) >= 11 is 1.61. The lowest BCUT2D eigenvalue weighted by molar-refractivity contribution is 0.0424. The first-order chi connectivity index (χ1) is 11.5. The summed E-state index contributed by atoms with van der Waals surface area (Å²) in [5.41, 5.74) is 7.82. The molecule has 1 atom stereocenters. The first-order valence-electron chi connectivity index (χ1n) is 8.17. The minimum atomic E-state index is -0.418. The van der Waals surface area contributed by atoms with Crippen molar-refractivity contribution < 1.29 is 9.90 Å². The molecule has 1 amide bonds. The summed E-state index contributed by atoms with van der Waals surface area (Å²) in [6, 6.07) is 7.23. The number of nitrogens with two attached hydrogens (primary N) is 1. The largest absolute Gasteiger partial charge is 0.396 e. The maximum atomic E-state index is 11.1. The van der Waals surface area contributed by atoms with Crippen LogP contribution in [0.4, 0.5) is 0 Å². The second-order valence-electron chi connectivity index (χ2n) is 6.87. The number of hydrogen-bond acceptors (Lipinski definition) is 5. The average Bonchev–Trinajstić information content (AvgIpc) is 3.03. The van der Waals surface area contributed by atoms with Crippen LogP contribution in [0.3, 0.4) is 0 Å². The molecule has 2 aromatic rings. The zero-order chi connectivity index (χ0) is 17.2. The first kappa shape index (κ1) is 17.1. The highest BCUT2D eigenvalue weighted by Gasteiger charge is 2.30. The zero-order valence-electron chi connectivity index (χ0n) is 13.9. The van der Waals surface area contributed by atoms with Gasteiger partial charge in [-0.25, -0.2) is 4.98 Å². The summed E-state index contributed by atoms with van der Waals surface area (Å²) in [4.78, 5) is 18.2. The van der Waals surface area contributed by atoms with E-state index in [1.54, 1.807) is 23.5 Å². The van der Waals surface area contributed by atoms with E-state index in [0.717, 1.165) is 48.7 Å². The van der Waals surface area contributed by atoms with Crippen molar-refractivity contribution in [1.29, 1.82) is 0 Å². The molecule has 3 rings (SSSR count). The van der Waals surface area contributed by atoms with Gasteiger partial charge in [0, 0.05) is 41.6 Å². The molecule has 1 aliphatic rings. The molecular formula is C18H23N3O2S. The second kappa shape index (κ2) is 7.01. The van der Waals surface area contributed by atoms with E-state index in [4.69, 9.17) is 10.7 Å². The van der Waals surface area contributed by atoms with Gasteiger partial charge in [0.2, 0.25) is 5.91 Å². The van der Waals surface area contributed by atoms with Crippen molar-refractivity contribution in [2.24, 2.45) is 11.1 Å². The van der Waals surface area contributed by atoms with Gasteiger partial charge in [-0.05, 0) is 31.5 Å². The van der Waals surface area contributed by atoms with Crippen LogP contribution in [0.5, 0.6) is 0 Å². The third-order valence-corrected chi connectivity index (χ3v) is 5.54. The van der Waals surface area contributed by atoms with Gasteiger partial charge in [-0.3, -0.25) is 9.69 Å². The standard InChI is InChI=1S/C18H23N3O2S/c1-18(12-22)7-2-8-21(11-18)9-15-10-24-17(20-15)14-5-3-13(4-6-14)16(19)23/h3-6,10,22H,2,7-9,11-12H2,1H3,(H2,19,23). The lowest BCUT2D eigenvalue weighted by atomic mass is 9.83. The number of benzene rings is 1. The van der Waals surface area contributed by atoms with Crippen molar-refractivity contribution in [3.63, 3.8) is 0 Å². The molecule has 0 aliphatic carbocycles. The number of amides is 1. The number of rotatable bonds is 5. The SMILES string of the molecule is CC1(CO)CCCN(Cc2csc(-c3ccc(C(N)=O)cc3)n2)C1. The number of aromatic nitrogens is 1. The van der Waals surface area contributed by atoms with Gasteiger partial charge in [-0.2, -0.15) is 0 Å². The number of primary amides is 1. The number of aliphatic hydroxyl groups excluding tert-OH is 1. The van der Waals surface area contributed by atoms with Crippen molar-refractivity contribution in [3.8, 4) is 10.6 Å². The van der Waals surface area contributed by atoms with Gasteiger partial charge < -0.3 is 10.8 Å². The Morgan fingerprint density at radius 2 is 2.17 bits per heavy atom. The smallest absolute Gasteiger partial charge is 0.248 e. The molecule has 1 saturated heterocycles. The van der Waals surface area contributed by atoms with E-state index in [2.05, 4.69) is 17.2 Å². The van der Waals surface area contributed by atoms with Crippen LogP contribution in [-0.4, -0.2) is 40.6 Å². The normalized spacial score (nSPS) is 21.8. The summed E-state index contributed by atoms with van der Waals surface area (Å²) in [7, 11) is 0. The van der Waals surface area contributed by atoms with Crippen molar-refractivity contribution in [2.75, 3.05) is 19.7 Å². The molecule has 24 heavy (non-hydrogen) atoms. The summed E-state index contributed by atoms with van der Waals surface area (Å²) in [6.07, 6.45) is 2.19. The van der Waals surface area contributed by atoms with Crippen molar-refractivity contribution in [2.45, 2.75) is 26.3 Å². The Bertz CT molecular complexity index is 713. The van der Waals surface area contributed by atoms with Gasteiger partial charge in [0.05, 0.1) is 5.69 Å². The Kier molecular flexibility index (Phi) is 4.99. The number of piperidine rings is 1. The van der Waals surface area contributed by atoms with Crippen LogP contribution < -0.4 is 5.73 Å². The van der Waals surface area contributed by atoms with Gasteiger partial charge in [0.15, 0.2) is 0 Å². The summed E-state index contributed by atoms with van der Waals surface area (Å²) in [5, 5.41) is 12.6. The van der Waals surface area contributed by atoms with Gasteiger partial charge in [0.25, 0.3) is 0 Å². The maximum absolute atomic E-state index is 11.1. The van der Waals surface area contributed by atoms with Gasteiger partial charge >= 0.3 is 0 Å². The predicted octanol–water partition coefficient (Wildman–Crippen LogP) is 2.50. The fourth-order valence-electron chi connectivity index (χ4n) is 3.21. The van der Waals surface area contributed by atoms with E-state index < -0.39 is 5.91 Å². The number of nitrogens with zero attached hydrogens (tertiary/aromatic N) is 2. The molecule has 2 heterocycles. The molecule has 0 bridgehead atoms. The Morgan fingerprint density at radius 1 is 1.42 bits per heavy atom. The number of thiazole rings is 1. The van der Waals surface area contributed by atoms with Crippen LogP contribution in [0.2, 0.25) is 0 Å². The zero-order valence-corrected chi connectivity index (χ0v) is 14.7. The van der Waals surface area contributed by atoms with E-state index in [1.165, 1.54) is 0 Å². The lowest BCUT2D eigenvalue weighted by Crippen LogP contribution is -2.43. The van der Waals surface area contributed by atoms with Gasteiger partial charge in [-0.15, -0.1) is 11.3 Å². The minimum Gasteiger partial charge on any atom is -0.396 e. The molecule has 1 unspecified atom stereocenters. The Labute approximate surface area is 146 Å². The van der Waals surface area contributed by atoms with Gasteiger partial charge in [0.1, 0.15) is 5.01 Å². The van der Waals surface area contributed by atoms with Gasteiger partial charge in [-0.1, -0.05) is 19.1 Å². The Morgan fingerprint density at radius 3 is 2.83 bits per heavy atom. The van der Waals surface area contributed by atoms with Crippen molar-refractivity contribution in [3.05, 3.63) is 40.9 Å². The maximum Gasteiger partial charge on any atom is 0.248 e. The van der Waals surface area contributed by atoms with Crippen LogP contribution in [0, 0.1) is 5.41 Å². The Balaban J connectivity index is 1.68. The summed E-state index contributed by atoms with van der Waals surface area (Å²) in [5.74, 6) is -0.418. The molecule has 1 aliphatic heterocycles. The summed E-state index contributed by atoms with van der Waals surface area (Å²) < 4.78 is 0. The molecule has 0 radical (unpaired) electrons. The summed E-state index contributed by atoms with van der Waals surface area (Å²) in [6.45, 7) is 5.15. The lowest BCUT2D eigenvalue weighted by Gasteiger charge is -2.39. The Hall–Kier alpha value is -1.76. The third-order valence-electron chi connectivity index (χ3n) is 4.60. The fourth-order valence-corrected chi connectivity index (χ4v) is 4.03. The quantitative estimate of drug-likeness (QED) is 0.873. The van der Waals surface area contributed by atoms with Crippen molar-refractivity contribution in [1.82, 2.24) is 9.88 Å². The number of hydrogen-bond donors (Lipinski definition) is 2. The van der Waals surface area contributed by atoms with E-state index in [9.17, 15) is 9.90 Å². The van der Waals surface area contributed by atoms with E-state index in [-0.39, 0.29) is 12.0 Å². The van der Waals surface area contributed by atoms with Crippen molar-refractivity contribution >= 4 is 17.2 Å². The predicted molar refractivity (Wildman–Crippen MR) is 95.8 cm³/mol.